The van der Waals surface area contributed by atoms with Gasteiger partial charge in [-0.15, -0.1) is 0 Å². The summed E-state index contributed by atoms with van der Waals surface area (Å²) < 4.78 is 21.7. The molecule has 3 aromatic rings. The van der Waals surface area contributed by atoms with Gasteiger partial charge < -0.3 is 24.7 Å². The molecule has 1 atom stereocenters. The first kappa shape index (κ1) is 16.5. The highest BCUT2D eigenvalue weighted by atomic mass is 16.7. The molecule has 26 heavy (non-hydrogen) atoms. The van der Waals surface area contributed by atoms with E-state index in [9.17, 15) is 0 Å². The minimum absolute atomic E-state index is 0.231. The van der Waals surface area contributed by atoms with Gasteiger partial charge in [-0.25, -0.2) is 0 Å². The van der Waals surface area contributed by atoms with Gasteiger partial charge >= 0.3 is 0 Å². The maximum Gasteiger partial charge on any atom is 0.231 e. The highest BCUT2D eigenvalue weighted by molar-refractivity contribution is 5.89. The van der Waals surface area contributed by atoms with Gasteiger partial charge in [0.1, 0.15) is 0 Å². The Kier molecular flexibility index (Phi) is 4.05. The van der Waals surface area contributed by atoms with Crippen LogP contribution in [-0.4, -0.2) is 26.0 Å². The van der Waals surface area contributed by atoms with Crippen LogP contribution in [0.2, 0.25) is 0 Å². The second-order valence-corrected chi connectivity index (χ2v) is 6.17. The van der Waals surface area contributed by atoms with Crippen LogP contribution in [-0.2, 0) is 0 Å². The van der Waals surface area contributed by atoms with Crippen molar-refractivity contribution in [2.45, 2.75) is 13.0 Å². The lowest BCUT2D eigenvalue weighted by Gasteiger charge is -2.17. The number of nitrogens with zero attached hydrogens (tertiary/aromatic N) is 1. The quantitative estimate of drug-likeness (QED) is 0.776. The highest BCUT2D eigenvalue weighted by Crippen LogP contribution is 2.39. The number of methoxy groups -OCH3 is 2. The van der Waals surface area contributed by atoms with Crippen molar-refractivity contribution in [3.8, 4) is 23.0 Å². The van der Waals surface area contributed by atoms with E-state index >= 15 is 0 Å². The first-order chi connectivity index (χ1) is 12.6. The van der Waals surface area contributed by atoms with Crippen molar-refractivity contribution in [1.29, 1.82) is 0 Å². The Bertz CT molecular complexity index is 987. The molecule has 6 heteroatoms. The van der Waals surface area contributed by atoms with Gasteiger partial charge in [-0.05, 0) is 48.2 Å². The summed E-state index contributed by atoms with van der Waals surface area (Å²) >= 11 is 0. The van der Waals surface area contributed by atoms with Crippen molar-refractivity contribution < 1.29 is 18.9 Å². The lowest BCUT2D eigenvalue weighted by Crippen LogP contribution is -2.15. The molecule has 134 valence electrons. The van der Waals surface area contributed by atoms with Crippen molar-refractivity contribution in [2.75, 3.05) is 21.0 Å². The minimum atomic E-state index is -0.419. The van der Waals surface area contributed by atoms with Gasteiger partial charge in [0.15, 0.2) is 23.0 Å². The maximum atomic E-state index is 6.58. The molecular weight excluding hydrogens is 332 g/mol. The Balaban J connectivity index is 1.85. The standard InChI is InChI=1S/C20H20N2O4/c1-11-6-13-8-17-18(26-10-25-17)9-14(13)20(22-11)19(21)12-4-5-15(23-2)16(7-12)24-3/h4-9,19H,10,21H2,1-3H3. The van der Waals surface area contributed by atoms with Gasteiger partial charge in [0, 0.05) is 11.1 Å². The largest absolute Gasteiger partial charge is 0.493 e. The van der Waals surface area contributed by atoms with E-state index in [0.29, 0.717) is 17.2 Å². The number of hydrogen-bond donors (Lipinski definition) is 1. The zero-order chi connectivity index (χ0) is 18.3. The van der Waals surface area contributed by atoms with Crippen molar-refractivity contribution in [2.24, 2.45) is 5.73 Å². The SMILES string of the molecule is COc1ccc(C(N)c2nc(C)cc3cc4c(cc23)OCO4)cc1OC. The van der Waals surface area contributed by atoms with Crippen LogP contribution in [0, 0.1) is 6.92 Å². The van der Waals surface area contributed by atoms with E-state index in [0.717, 1.165) is 33.5 Å². The summed E-state index contributed by atoms with van der Waals surface area (Å²) in [6, 6.07) is 11.2. The van der Waals surface area contributed by atoms with Crippen molar-refractivity contribution in [3.63, 3.8) is 0 Å². The molecule has 6 nitrogen and oxygen atoms in total. The minimum Gasteiger partial charge on any atom is -0.493 e. The van der Waals surface area contributed by atoms with Crippen molar-refractivity contribution in [3.05, 3.63) is 53.3 Å². The van der Waals surface area contributed by atoms with Crippen LogP contribution < -0.4 is 24.7 Å². The molecule has 1 unspecified atom stereocenters. The zero-order valence-corrected chi connectivity index (χ0v) is 14.9. The summed E-state index contributed by atoms with van der Waals surface area (Å²) in [5.41, 5.74) is 9.14. The van der Waals surface area contributed by atoms with Gasteiger partial charge in [-0.2, -0.15) is 0 Å². The summed E-state index contributed by atoms with van der Waals surface area (Å²) in [6.07, 6.45) is 0. The topological polar surface area (TPSA) is 75.8 Å². The van der Waals surface area contributed by atoms with E-state index in [1.807, 2.05) is 43.3 Å². The summed E-state index contributed by atoms with van der Waals surface area (Å²) in [7, 11) is 3.21. The third kappa shape index (κ3) is 2.68. The van der Waals surface area contributed by atoms with Crippen LogP contribution in [0.4, 0.5) is 0 Å². The second-order valence-electron chi connectivity index (χ2n) is 6.17. The van der Waals surface area contributed by atoms with Crippen molar-refractivity contribution >= 4 is 10.8 Å². The van der Waals surface area contributed by atoms with E-state index in [-0.39, 0.29) is 6.79 Å². The number of hydrogen-bond acceptors (Lipinski definition) is 6. The third-order valence-electron chi connectivity index (χ3n) is 4.54. The number of rotatable bonds is 4. The van der Waals surface area contributed by atoms with Crippen LogP contribution in [0.3, 0.4) is 0 Å². The molecule has 1 aliphatic rings. The molecule has 1 aliphatic heterocycles. The fourth-order valence-electron chi connectivity index (χ4n) is 3.25. The van der Waals surface area contributed by atoms with Crippen molar-refractivity contribution in [1.82, 2.24) is 4.98 Å². The number of aryl methyl sites for hydroxylation is 1. The lowest BCUT2D eigenvalue weighted by atomic mass is 9.98. The monoisotopic (exact) mass is 352 g/mol. The molecule has 0 amide bonds. The Labute approximate surface area is 151 Å². The molecule has 2 N–H and O–H groups in total. The molecule has 0 saturated heterocycles. The first-order valence-electron chi connectivity index (χ1n) is 8.29. The first-order valence-corrected chi connectivity index (χ1v) is 8.29. The number of nitrogens with two attached hydrogens (primary N) is 1. The van der Waals surface area contributed by atoms with E-state index in [1.165, 1.54) is 0 Å². The van der Waals surface area contributed by atoms with E-state index in [4.69, 9.17) is 29.7 Å². The van der Waals surface area contributed by atoms with Crippen LogP contribution in [0.25, 0.3) is 10.8 Å². The molecule has 0 spiro atoms. The number of fused-ring (bicyclic) bond motifs is 2. The molecule has 1 aromatic heterocycles. The van der Waals surface area contributed by atoms with E-state index in [2.05, 4.69) is 0 Å². The van der Waals surface area contributed by atoms with E-state index in [1.54, 1.807) is 14.2 Å². The van der Waals surface area contributed by atoms with Crippen LogP contribution in [0.1, 0.15) is 23.0 Å². The Morgan fingerprint density at radius 1 is 1.00 bits per heavy atom. The molecule has 0 saturated carbocycles. The van der Waals surface area contributed by atoms with Gasteiger partial charge in [-0.3, -0.25) is 4.98 Å². The number of ether oxygens (including phenoxy) is 4. The zero-order valence-electron chi connectivity index (χ0n) is 14.9. The molecule has 4 rings (SSSR count). The highest BCUT2D eigenvalue weighted by Gasteiger charge is 2.21. The normalized spacial score (nSPS) is 13.7. The fourth-order valence-corrected chi connectivity index (χ4v) is 3.25. The molecule has 0 fully saturated rings. The smallest absolute Gasteiger partial charge is 0.231 e. The molecule has 0 bridgehead atoms. The predicted octanol–water partition coefficient (Wildman–Crippen LogP) is 3.34. The van der Waals surface area contributed by atoms with Gasteiger partial charge in [0.25, 0.3) is 0 Å². The predicted molar refractivity (Wildman–Crippen MR) is 98.2 cm³/mol. The molecule has 2 aromatic carbocycles. The number of aromatic nitrogens is 1. The molecule has 0 radical (unpaired) electrons. The fraction of sp³-hybridized carbons (Fsp3) is 0.250. The molecule has 2 heterocycles. The number of pyridine rings is 1. The summed E-state index contributed by atoms with van der Waals surface area (Å²) in [4.78, 5) is 4.71. The average molecular weight is 352 g/mol. The second kappa shape index (κ2) is 6.38. The maximum absolute atomic E-state index is 6.58. The Hall–Kier alpha value is -2.99. The Morgan fingerprint density at radius 3 is 2.46 bits per heavy atom. The van der Waals surface area contributed by atoms with Gasteiger partial charge in [0.05, 0.1) is 26.0 Å². The average Bonchev–Trinajstić information content (AvgIpc) is 3.11. The Morgan fingerprint density at radius 2 is 1.73 bits per heavy atom. The summed E-state index contributed by atoms with van der Waals surface area (Å²) in [6.45, 7) is 2.18. The molecule has 0 aliphatic carbocycles. The lowest BCUT2D eigenvalue weighted by molar-refractivity contribution is 0.174. The number of benzene rings is 2. The van der Waals surface area contributed by atoms with Crippen LogP contribution >= 0.6 is 0 Å². The molecular formula is C20H20N2O4. The summed E-state index contributed by atoms with van der Waals surface area (Å²) in [5, 5.41) is 1.97. The van der Waals surface area contributed by atoms with Gasteiger partial charge in [-0.1, -0.05) is 6.07 Å². The van der Waals surface area contributed by atoms with Crippen LogP contribution in [0.15, 0.2) is 36.4 Å². The van der Waals surface area contributed by atoms with Gasteiger partial charge in [0.2, 0.25) is 6.79 Å². The van der Waals surface area contributed by atoms with E-state index < -0.39 is 6.04 Å². The summed E-state index contributed by atoms with van der Waals surface area (Å²) in [5.74, 6) is 2.75. The van der Waals surface area contributed by atoms with Crippen LogP contribution in [0.5, 0.6) is 23.0 Å². The third-order valence-corrected chi connectivity index (χ3v) is 4.54.